The Labute approximate surface area is 215 Å². The molecule has 0 saturated heterocycles. The van der Waals surface area contributed by atoms with E-state index in [1.165, 1.54) is 11.0 Å². The average molecular weight is 514 g/mol. The number of carbonyl (C=O) groups excluding carboxylic acids is 3. The van der Waals surface area contributed by atoms with E-state index in [2.05, 4.69) is 25.7 Å². The van der Waals surface area contributed by atoms with Gasteiger partial charge < -0.3 is 26.2 Å². The third-order valence-corrected chi connectivity index (χ3v) is 8.15. The lowest BCUT2D eigenvalue weighted by Crippen LogP contribution is -2.63. The zero-order chi connectivity index (χ0) is 27.8. The predicted octanol–water partition coefficient (Wildman–Crippen LogP) is 1.35. The molecule has 4 atom stereocenters. The second kappa shape index (κ2) is 8.68. The number of aliphatic hydroxyl groups excluding tert-OH is 2. The summed E-state index contributed by atoms with van der Waals surface area (Å²) < 4.78 is 0. The molecule has 0 radical (unpaired) electrons. The maximum absolute atomic E-state index is 13.6. The molecule has 10 heteroatoms. The summed E-state index contributed by atoms with van der Waals surface area (Å²) in [5, 5.41) is 44.6. The molecule has 0 aliphatic heterocycles. The van der Waals surface area contributed by atoms with Gasteiger partial charge >= 0.3 is 0 Å². The number of rotatable bonds is 4. The molecule has 0 heterocycles. The van der Waals surface area contributed by atoms with E-state index in [9.17, 15) is 34.8 Å². The summed E-state index contributed by atoms with van der Waals surface area (Å²) in [5.74, 6) is -6.48. The van der Waals surface area contributed by atoms with Crippen LogP contribution in [0.5, 0.6) is 5.75 Å². The minimum atomic E-state index is -2.63. The van der Waals surface area contributed by atoms with Crippen LogP contribution >= 0.6 is 0 Å². The van der Waals surface area contributed by atoms with Crippen LogP contribution in [0.1, 0.15) is 48.7 Å². The predicted molar refractivity (Wildman–Crippen MR) is 135 cm³/mol. The number of aromatic hydroxyl groups is 1. The fourth-order valence-corrected chi connectivity index (χ4v) is 5.94. The normalized spacial score (nSPS) is 28.0. The fourth-order valence-electron chi connectivity index (χ4n) is 5.94. The quantitative estimate of drug-likeness (QED) is 0.374. The van der Waals surface area contributed by atoms with Crippen molar-refractivity contribution in [2.45, 2.75) is 57.3 Å². The number of likely N-dealkylation sites (N-methyl/N-ethyl adjacent to an activating group) is 1. The van der Waals surface area contributed by atoms with Crippen LogP contribution in [0.4, 0.5) is 0 Å². The minimum absolute atomic E-state index is 0.0166. The topological polar surface area (TPSA) is 165 Å². The number of phenolic OH excluding ortho intramolecular Hbond substituents is 1. The first kappa shape index (κ1) is 26.8. The lowest BCUT2D eigenvalue weighted by molar-refractivity contribution is -0.148. The lowest BCUT2D eigenvalue weighted by Gasteiger charge is -2.50. The number of benzene rings is 1. The summed E-state index contributed by atoms with van der Waals surface area (Å²) >= 11 is 0. The van der Waals surface area contributed by atoms with Crippen molar-refractivity contribution in [1.29, 1.82) is 0 Å². The van der Waals surface area contributed by atoms with Gasteiger partial charge in [0.25, 0.3) is 5.91 Å². The number of carbonyl (C=O) groups is 3. The standard InChI is InChI=1S/C27H35N3O7/c1-26(2,3)30(6)11-12-7-13-9-14-10-15-20(29(4)5)22(33)19(25(28)36)24(35)27(15,37)23(34)18(14)21(32)17(13)16(31)8-12/h7-8,14-15,20,31,33-34,37H,9-11H2,1-6H3,(H2,28,36)/t14-,15-,20-,27-/m0/s1. The van der Waals surface area contributed by atoms with Crippen molar-refractivity contribution >= 4 is 17.5 Å². The SMILES string of the molecule is CN(C)[C@@H]1C(O)=C(C(N)=O)C(=O)[C@@]2(O)C(O)=C3C(=O)c4c(O)cc(CN(C)C(C)(C)C)cc4C[C@H]3C[C@@H]12. The minimum Gasteiger partial charge on any atom is -0.510 e. The number of hydrogen-bond donors (Lipinski definition) is 5. The Hall–Kier alpha value is -3.21. The van der Waals surface area contributed by atoms with E-state index in [0.717, 1.165) is 5.56 Å². The number of phenols is 1. The highest BCUT2D eigenvalue weighted by molar-refractivity contribution is 6.24. The first-order valence-electron chi connectivity index (χ1n) is 12.2. The van der Waals surface area contributed by atoms with Gasteiger partial charge in [0.15, 0.2) is 11.4 Å². The summed E-state index contributed by atoms with van der Waals surface area (Å²) in [7, 11) is 5.16. The number of allylic oxidation sites excluding steroid dienone is 1. The Bertz CT molecular complexity index is 1270. The summed E-state index contributed by atoms with van der Waals surface area (Å²) in [6.45, 7) is 6.74. The summed E-state index contributed by atoms with van der Waals surface area (Å²) in [6, 6.07) is 2.37. The summed E-state index contributed by atoms with van der Waals surface area (Å²) in [4.78, 5) is 42.6. The van der Waals surface area contributed by atoms with E-state index < -0.39 is 58.0 Å². The molecule has 0 unspecified atom stereocenters. The highest BCUT2D eigenvalue weighted by Crippen LogP contribution is 2.52. The van der Waals surface area contributed by atoms with Crippen LogP contribution in [0.2, 0.25) is 0 Å². The molecule has 0 saturated carbocycles. The molecule has 0 fully saturated rings. The summed E-state index contributed by atoms with van der Waals surface area (Å²) in [6.07, 6.45) is 0.341. The van der Waals surface area contributed by atoms with Crippen molar-refractivity contribution in [1.82, 2.24) is 9.80 Å². The van der Waals surface area contributed by atoms with Crippen LogP contribution in [0.15, 0.2) is 34.8 Å². The Kier molecular flexibility index (Phi) is 6.30. The molecule has 10 nitrogen and oxygen atoms in total. The van der Waals surface area contributed by atoms with Crippen LogP contribution in [-0.4, -0.2) is 86.0 Å². The zero-order valence-electron chi connectivity index (χ0n) is 22.0. The zero-order valence-corrected chi connectivity index (χ0v) is 22.0. The number of ketones is 2. The molecule has 3 aliphatic rings. The number of fused-ring (bicyclic) bond motifs is 3. The lowest BCUT2D eigenvalue weighted by atomic mass is 9.58. The van der Waals surface area contributed by atoms with E-state index in [-0.39, 0.29) is 35.3 Å². The Morgan fingerprint density at radius 1 is 1.14 bits per heavy atom. The number of aliphatic hydroxyl groups is 3. The monoisotopic (exact) mass is 513 g/mol. The van der Waals surface area contributed by atoms with Gasteiger partial charge in [0.05, 0.1) is 11.6 Å². The fraction of sp³-hybridized carbons (Fsp3) is 0.519. The smallest absolute Gasteiger partial charge is 0.255 e. The third kappa shape index (κ3) is 3.94. The maximum Gasteiger partial charge on any atom is 0.255 e. The molecule has 0 aromatic heterocycles. The first-order chi connectivity index (χ1) is 17.0. The highest BCUT2D eigenvalue weighted by atomic mass is 16.3. The van der Waals surface area contributed by atoms with Gasteiger partial charge in [-0.2, -0.15) is 0 Å². The molecule has 1 aromatic carbocycles. The second-order valence-corrected chi connectivity index (χ2v) is 11.6. The number of nitrogens with two attached hydrogens (primary N) is 1. The number of hydrogen-bond acceptors (Lipinski definition) is 9. The number of primary amides is 1. The molecule has 0 bridgehead atoms. The van der Waals surface area contributed by atoms with Crippen molar-refractivity contribution in [3.8, 4) is 5.75 Å². The molecule has 4 rings (SSSR count). The molecule has 6 N–H and O–H groups in total. The molecule has 37 heavy (non-hydrogen) atoms. The Morgan fingerprint density at radius 3 is 2.30 bits per heavy atom. The Morgan fingerprint density at radius 2 is 1.76 bits per heavy atom. The van der Waals surface area contributed by atoms with E-state index in [1.54, 1.807) is 14.1 Å². The van der Waals surface area contributed by atoms with Gasteiger partial charge in [-0.25, -0.2) is 0 Å². The number of Topliss-reactive ketones (excluding diaryl/α,β-unsaturated/α-hetero) is 2. The van der Waals surface area contributed by atoms with Crippen molar-refractivity contribution in [2.24, 2.45) is 17.6 Å². The van der Waals surface area contributed by atoms with Crippen LogP contribution in [-0.2, 0) is 22.6 Å². The van der Waals surface area contributed by atoms with Crippen molar-refractivity contribution in [2.75, 3.05) is 21.1 Å². The van der Waals surface area contributed by atoms with E-state index >= 15 is 0 Å². The van der Waals surface area contributed by atoms with Gasteiger partial charge in [-0.05, 0) is 77.9 Å². The number of nitrogens with zero attached hydrogens (tertiary/aromatic N) is 2. The van der Waals surface area contributed by atoms with Gasteiger partial charge in [0, 0.05) is 23.6 Å². The average Bonchev–Trinajstić information content (AvgIpc) is 2.74. The van der Waals surface area contributed by atoms with E-state index in [1.807, 2.05) is 13.1 Å². The molecular formula is C27H35N3O7. The molecule has 3 aliphatic carbocycles. The first-order valence-corrected chi connectivity index (χ1v) is 12.2. The van der Waals surface area contributed by atoms with Crippen LogP contribution in [0.25, 0.3) is 0 Å². The molecular weight excluding hydrogens is 478 g/mol. The van der Waals surface area contributed by atoms with Gasteiger partial charge in [-0.3, -0.25) is 24.2 Å². The second-order valence-electron chi connectivity index (χ2n) is 11.6. The number of amides is 1. The van der Waals surface area contributed by atoms with Gasteiger partial charge in [0.2, 0.25) is 5.78 Å². The molecule has 1 amide bonds. The van der Waals surface area contributed by atoms with Crippen LogP contribution in [0, 0.1) is 11.8 Å². The highest BCUT2D eigenvalue weighted by Gasteiger charge is 2.63. The van der Waals surface area contributed by atoms with Crippen LogP contribution in [0.3, 0.4) is 0 Å². The van der Waals surface area contributed by atoms with E-state index in [4.69, 9.17) is 5.73 Å². The maximum atomic E-state index is 13.6. The van der Waals surface area contributed by atoms with Crippen molar-refractivity contribution < 1.29 is 34.8 Å². The summed E-state index contributed by atoms with van der Waals surface area (Å²) in [5.41, 5.74) is 3.06. The largest absolute Gasteiger partial charge is 0.510 e. The van der Waals surface area contributed by atoms with Gasteiger partial charge in [-0.15, -0.1) is 0 Å². The van der Waals surface area contributed by atoms with Crippen molar-refractivity contribution in [3.63, 3.8) is 0 Å². The molecule has 0 spiro atoms. The molecule has 1 aromatic rings. The van der Waals surface area contributed by atoms with Gasteiger partial charge in [-0.1, -0.05) is 6.07 Å². The molecule has 200 valence electrons. The van der Waals surface area contributed by atoms with Crippen LogP contribution < -0.4 is 5.73 Å². The van der Waals surface area contributed by atoms with Crippen molar-refractivity contribution in [3.05, 3.63) is 51.5 Å². The van der Waals surface area contributed by atoms with E-state index in [0.29, 0.717) is 12.1 Å². The Balaban J connectivity index is 1.85. The third-order valence-electron chi connectivity index (χ3n) is 8.15. The van der Waals surface area contributed by atoms with Gasteiger partial charge in [0.1, 0.15) is 22.8 Å².